The van der Waals surface area contributed by atoms with Gasteiger partial charge in [-0.3, -0.25) is 29.5 Å². The van der Waals surface area contributed by atoms with Crippen LogP contribution in [0.3, 0.4) is 0 Å². The zero-order chi connectivity index (χ0) is 28.0. The van der Waals surface area contributed by atoms with Gasteiger partial charge in [-0.05, 0) is 55.3 Å². The maximum Gasteiger partial charge on any atom is 0.276 e. The Morgan fingerprint density at radius 1 is 0.750 bits per heavy atom. The highest BCUT2D eigenvalue weighted by atomic mass is 16.6. The standard InChI is InChI=1S/C33H25N3O4/c1-21-11-15-25(16-12-21)34-30(24-8-4-3-5-9-24)29-28(20-23-7-6-10-27(19-23)36(39)40)32(37)35(31(29)33(34)38)26-17-13-22(2)14-18-26/h3-20,30H,1-2H3/b28-20-/t30-/m1/s1. The molecule has 0 saturated heterocycles. The number of nitro benzene ring substituents is 1. The molecule has 2 amide bonds. The van der Waals surface area contributed by atoms with Gasteiger partial charge in [0.05, 0.1) is 11.0 Å². The predicted molar refractivity (Wildman–Crippen MR) is 155 cm³/mol. The molecule has 0 radical (unpaired) electrons. The topological polar surface area (TPSA) is 83.8 Å². The number of anilines is 2. The first kappa shape index (κ1) is 25.0. The maximum absolute atomic E-state index is 14.4. The summed E-state index contributed by atoms with van der Waals surface area (Å²) in [6, 6.07) is 30.4. The van der Waals surface area contributed by atoms with Gasteiger partial charge < -0.3 is 0 Å². The van der Waals surface area contributed by atoms with E-state index in [-0.39, 0.29) is 17.5 Å². The van der Waals surface area contributed by atoms with Crippen LogP contribution in [-0.2, 0) is 9.59 Å². The lowest BCUT2D eigenvalue weighted by Gasteiger charge is -2.30. The average molecular weight is 528 g/mol. The molecule has 0 aliphatic carbocycles. The fourth-order valence-electron chi connectivity index (χ4n) is 5.33. The smallest absolute Gasteiger partial charge is 0.276 e. The number of nitrogens with zero attached hydrogens (tertiary/aromatic N) is 3. The van der Waals surface area contributed by atoms with Gasteiger partial charge in [-0.25, -0.2) is 0 Å². The number of rotatable bonds is 5. The second-order valence-corrected chi connectivity index (χ2v) is 9.97. The molecule has 0 aromatic heterocycles. The third kappa shape index (κ3) is 4.18. The van der Waals surface area contributed by atoms with E-state index in [1.54, 1.807) is 23.1 Å². The van der Waals surface area contributed by atoms with Crippen LogP contribution < -0.4 is 9.80 Å². The largest absolute Gasteiger partial charge is 0.295 e. The molecule has 2 aliphatic heterocycles. The highest BCUT2D eigenvalue weighted by Gasteiger charge is 2.52. The van der Waals surface area contributed by atoms with Gasteiger partial charge in [-0.1, -0.05) is 77.9 Å². The van der Waals surface area contributed by atoms with Crippen LogP contribution in [-0.4, -0.2) is 16.7 Å². The number of nitro groups is 1. The number of aryl methyl sites for hydroxylation is 2. The molecule has 0 bridgehead atoms. The second kappa shape index (κ2) is 9.78. The van der Waals surface area contributed by atoms with E-state index in [1.165, 1.54) is 17.0 Å². The third-order valence-corrected chi connectivity index (χ3v) is 7.27. The van der Waals surface area contributed by atoms with E-state index in [1.807, 2.05) is 92.7 Å². The summed E-state index contributed by atoms with van der Waals surface area (Å²) in [6.07, 6.45) is 1.65. The Balaban J connectivity index is 1.60. The van der Waals surface area contributed by atoms with Crippen molar-refractivity contribution in [2.24, 2.45) is 0 Å². The van der Waals surface area contributed by atoms with E-state index < -0.39 is 11.0 Å². The van der Waals surface area contributed by atoms with Crippen LogP contribution in [0.4, 0.5) is 17.1 Å². The van der Waals surface area contributed by atoms with Crippen molar-refractivity contribution in [1.82, 2.24) is 0 Å². The summed E-state index contributed by atoms with van der Waals surface area (Å²) in [7, 11) is 0. The zero-order valence-electron chi connectivity index (χ0n) is 21.9. The van der Waals surface area contributed by atoms with Crippen LogP contribution in [0.2, 0.25) is 0 Å². The van der Waals surface area contributed by atoms with E-state index in [2.05, 4.69) is 0 Å². The highest BCUT2D eigenvalue weighted by Crippen LogP contribution is 2.50. The van der Waals surface area contributed by atoms with Crippen LogP contribution in [0.5, 0.6) is 0 Å². The van der Waals surface area contributed by atoms with Crippen LogP contribution in [0.1, 0.15) is 28.3 Å². The van der Waals surface area contributed by atoms with Crippen LogP contribution in [0.25, 0.3) is 6.08 Å². The van der Waals surface area contributed by atoms with Crippen LogP contribution in [0, 0.1) is 24.0 Å². The molecule has 0 saturated carbocycles. The summed E-state index contributed by atoms with van der Waals surface area (Å²) in [5.41, 5.74) is 5.86. The van der Waals surface area contributed by atoms with E-state index in [4.69, 9.17) is 0 Å². The monoisotopic (exact) mass is 527 g/mol. The molecule has 2 heterocycles. The summed E-state index contributed by atoms with van der Waals surface area (Å²) >= 11 is 0. The first-order chi connectivity index (χ1) is 19.3. The normalized spacial score (nSPS) is 17.6. The molecule has 7 heteroatoms. The van der Waals surface area contributed by atoms with Crippen molar-refractivity contribution in [2.45, 2.75) is 19.9 Å². The molecule has 7 nitrogen and oxygen atoms in total. The Hall–Kier alpha value is -5.30. The Bertz CT molecular complexity index is 1720. The SMILES string of the molecule is Cc1ccc(N2C(=O)/C(=C\c3cccc([N+](=O)[O-])c3)C3=C2C(=O)N(c2ccc(C)cc2)[C@@H]3c2ccccc2)cc1. The van der Waals surface area contributed by atoms with E-state index in [0.29, 0.717) is 33.8 Å². The summed E-state index contributed by atoms with van der Waals surface area (Å²) in [5.74, 6) is -0.637. The number of hydrogen-bond donors (Lipinski definition) is 0. The molecule has 6 rings (SSSR count). The molecule has 196 valence electrons. The molecular formula is C33H25N3O4. The number of carbonyl (C=O) groups excluding carboxylic acids is 2. The van der Waals surface area contributed by atoms with Crippen molar-refractivity contribution in [1.29, 1.82) is 0 Å². The number of non-ortho nitro benzene ring substituents is 1. The molecule has 0 spiro atoms. The molecule has 40 heavy (non-hydrogen) atoms. The predicted octanol–water partition coefficient (Wildman–Crippen LogP) is 6.68. The van der Waals surface area contributed by atoms with E-state index >= 15 is 0 Å². The van der Waals surface area contributed by atoms with Crippen LogP contribution in [0.15, 0.2) is 120 Å². The number of amides is 2. The summed E-state index contributed by atoms with van der Waals surface area (Å²) < 4.78 is 0. The molecule has 4 aromatic rings. The van der Waals surface area contributed by atoms with E-state index in [9.17, 15) is 19.7 Å². The zero-order valence-corrected chi connectivity index (χ0v) is 21.9. The van der Waals surface area contributed by atoms with Crippen molar-refractivity contribution in [3.63, 3.8) is 0 Å². The first-order valence-electron chi connectivity index (χ1n) is 12.9. The fourth-order valence-corrected chi connectivity index (χ4v) is 5.33. The minimum atomic E-state index is -0.573. The number of hydrogen-bond acceptors (Lipinski definition) is 4. The lowest BCUT2D eigenvalue weighted by molar-refractivity contribution is -0.384. The van der Waals surface area contributed by atoms with E-state index in [0.717, 1.165) is 16.7 Å². The van der Waals surface area contributed by atoms with Crippen molar-refractivity contribution in [3.05, 3.63) is 152 Å². The molecule has 2 aliphatic rings. The van der Waals surface area contributed by atoms with Gasteiger partial charge in [0.15, 0.2) is 0 Å². The van der Waals surface area contributed by atoms with Gasteiger partial charge in [0.25, 0.3) is 17.5 Å². The van der Waals surface area contributed by atoms with Gasteiger partial charge in [-0.15, -0.1) is 0 Å². The molecule has 4 aromatic carbocycles. The molecule has 0 unspecified atom stereocenters. The fraction of sp³-hybridized carbons (Fsp3) is 0.0909. The van der Waals surface area contributed by atoms with Crippen molar-refractivity contribution in [3.8, 4) is 0 Å². The van der Waals surface area contributed by atoms with Gasteiger partial charge in [0, 0.05) is 34.7 Å². The lowest BCUT2D eigenvalue weighted by atomic mass is 9.93. The minimum absolute atomic E-state index is 0.0761. The summed E-state index contributed by atoms with van der Waals surface area (Å²) in [4.78, 5) is 42.7. The molecule has 1 atom stereocenters. The molecule has 0 N–H and O–H groups in total. The Morgan fingerprint density at radius 3 is 2.00 bits per heavy atom. The van der Waals surface area contributed by atoms with Crippen molar-refractivity contribution in [2.75, 3.05) is 9.80 Å². The average Bonchev–Trinajstić information content (AvgIpc) is 3.41. The van der Waals surface area contributed by atoms with Gasteiger partial charge in [0.1, 0.15) is 5.70 Å². The Kier molecular flexibility index (Phi) is 6.11. The summed E-state index contributed by atoms with van der Waals surface area (Å²) in [6.45, 7) is 3.94. The number of benzene rings is 4. The number of carbonyl (C=O) groups is 2. The van der Waals surface area contributed by atoms with Crippen molar-refractivity contribution < 1.29 is 14.5 Å². The van der Waals surface area contributed by atoms with Gasteiger partial charge >= 0.3 is 0 Å². The second-order valence-electron chi connectivity index (χ2n) is 9.97. The molecular weight excluding hydrogens is 502 g/mol. The lowest BCUT2D eigenvalue weighted by Crippen LogP contribution is -2.38. The van der Waals surface area contributed by atoms with Crippen molar-refractivity contribution >= 4 is 35.0 Å². The third-order valence-electron chi connectivity index (χ3n) is 7.27. The quantitative estimate of drug-likeness (QED) is 0.165. The Labute approximate surface area is 231 Å². The molecule has 0 fully saturated rings. The maximum atomic E-state index is 14.4. The van der Waals surface area contributed by atoms with Gasteiger partial charge in [0.2, 0.25) is 0 Å². The summed E-state index contributed by atoms with van der Waals surface area (Å²) in [5, 5.41) is 11.5. The minimum Gasteiger partial charge on any atom is -0.295 e. The Morgan fingerprint density at radius 2 is 1.38 bits per heavy atom. The van der Waals surface area contributed by atoms with Gasteiger partial charge in [-0.2, -0.15) is 0 Å². The first-order valence-corrected chi connectivity index (χ1v) is 12.9. The van der Waals surface area contributed by atoms with Crippen LogP contribution >= 0.6 is 0 Å². The highest BCUT2D eigenvalue weighted by molar-refractivity contribution is 6.29.